The minimum atomic E-state index is 0.251. The van der Waals surface area contributed by atoms with Crippen molar-refractivity contribution in [1.29, 1.82) is 0 Å². The molecule has 0 saturated carbocycles. The normalized spacial score (nSPS) is 17.6. The summed E-state index contributed by atoms with van der Waals surface area (Å²) in [4.78, 5) is 0. The lowest BCUT2D eigenvalue weighted by atomic mass is 9.96. The third-order valence-corrected chi connectivity index (χ3v) is 4.95. The fourth-order valence-corrected chi connectivity index (χ4v) is 3.19. The van der Waals surface area contributed by atoms with Gasteiger partial charge in [-0.15, -0.1) is 0 Å². The molecule has 1 atom stereocenters. The van der Waals surface area contributed by atoms with Crippen LogP contribution in [0.15, 0.2) is 12.3 Å². The zero-order valence-corrected chi connectivity index (χ0v) is 14.5. The molecule has 1 aliphatic heterocycles. The summed E-state index contributed by atoms with van der Waals surface area (Å²) in [6, 6.07) is 2.50. The molecule has 6 nitrogen and oxygen atoms in total. The highest BCUT2D eigenvalue weighted by Gasteiger charge is 2.21. The lowest BCUT2D eigenvalue weighted by molar-refractivity contribution is 0.0844. The van der Waals surface area contributed by atoms with Gasteiger partial charge in [0.2, 0.25) is 0 Å². The van der Waals surface area contributed by atoms with Crippen molar-refractivity contribution >= 4 is 0 Å². The summed E-state index contributed by atoms with van der Waals surface area (Å²) in [6.07, 6.45) is 4.09. The van der Waals surface area contributed by atoms with E-state index < -0.39 is 0 Å². The first-order valence-electron chi connectivity index (χ1n) is 8.38. The van der Waals surface area contributed by atoms with E-state index in [9.17, 15) is 0 Å². The van der Waals surface area contributed by atoms with Crippen molar-refractivity contribution < 1.29 is 4.74 Å². The number of aryl methyl sites for hydroxylation is 2. The van der Waals surface area contributed by atoms with Gasteiger partial charge < -0.3 is 10.1 Å². The third-order valence-electron chi connectivity index (χ3n) is 4.95. The van der Waals surface area contributed by atoms with Crippen LogP contribution in [0.2, 0.25) is 0 Å². The Morgan fingerprint density at radius 3 is 2.70 bits per heavy atom. The number of aromatic nitrogens is 4. The van der Waals surface area contributed by atoms with Crippen LogP contribution >= 0.6 is 0 Å². The average molecular weight is 317 g/mol. The monoisotopic (exact) mass is 317 g/mol. The van der Waals surface area contributed by atoms with Crippen LogP contribution in [0.1, 0.15) is 54.4 Å². The average Bonchev–Trinajstić information content (AvgIpc) is 3.10. The second-order valence-corrected chi connectivity index (χ2v) is 6.49. The molecule has 3 rings (SSSR count). The highest BCUT2D eigenvalue weighted by molar-refractivity contribution is 5.19. The van der Waals surface area contributed by atoms with E-state index in [0.29, 0.717) is 5.92 Å². The van der Waals surface area contributed by atoms with Crippen molar-refractivity contribution in [2.75, 3.05) is 13.2 Å². The number of nitrogens with zero attached hydrogens (tertiary/aromatic N) is 4. The summed E-state index contributed by atoms with van der Waals surface area (Å²) in [5, 5.41) is 12.6. The number of ether oxygens (including phenoxy) is 1. The summed E-state index contributed by atoms with van der Waals surface area (Å²) in [5.41, 5.74) is 4.88. The molecule has 0 amide bonds. The Balaban J connectivity index is 1.66. The minimum Gasteiger partial charge on any atom is -0.381 e. The molecule has 0 aromatic carbocycles. The van der Waals surface area contributed by atoms with Crippen LogP contribution in [-0.4, -0.2) is 32.8 Å². The van der Waals surface area contributed by atoms with E-state index in [0.717, 1.165) is 32.6 Å². The Bertz CT molecular complexity index is 654. The molecule has 1 aliphatic rings. The molecule has 1 unspecified atom stereocenters. The molecule has 2 aromatic heterocycles. The first kappa shape index (κ1) is 16.2. The Morgan fingerprint density at radius 2 is 2.04 bits per heavy atom. The Morgan fingerprint density at radius 1 is 1.30 bits per heavy atom. The maximum Gasteiger partial charge on any atom is 0.0660 e. The van der Waals surface area contributed by atoms with Gasteiger partial charge in [-0.3, -0.25) is 9.36 Å². The standard InChI is InChI=1S/C17H27N5O/c1-12(18-10-15-11-19-21(3)13(15)2)17-9-16(20-22(17)4)14-5-7-23-8-6-14/h9,11-12,14,18H,5-8,10H2,1-4H3. The zero-order chi connectivity index (χ0) is 16.4. The summed E-state index contributed by atoms with van der Waals surface area (Å²) in [6.45, 7) is 6.81. The van der Waals surface area contributed by atoms with Gasteiger partial charge >= 0.3 is 0 Å². The summed E-state index contributed by atoms with van der Waals surface area (Å²) in [7, 11) is 4.01. The SMILES string of the molecule is Cc1c(CNC(C)c2cc(C3CCOCC3)nn2C)cnn1C. The summed E-state index contributed by atoms with van der Waals surface area (Å²) in [5.74, 6) is 0.538. The predicted octanol–water partition coefficient (Wildman–Crippen LogP) is 2.21. The number of hydrogen-bond acceptors (Lipinski definition) is 4. The van der Waals surface area contributed by atoms with Crippen molar-refractivity contribution in [3.8, 4) is 0 Å². The Kier molecular flexibility index (Phi) is 4.82. The highest BCUT2D eigenvalue weighted by atomic mass is 16.5. The molecule has 1 fully saturated rings. The maximum absolute atomic E-state index is 5.45. The second kappa shape index (κ2) is 6.84. The van der Waals surface area contributed by atoms with Gasteiger partial charge in [0.25, 0.3) is 0 Å². The fraction of sp³-hybridized carbons (Fsp3) is 0.647. The maximum atomic E-state index is 5.45. The van der Waals surface area contributed by atoms with Crippen molar-refractivity contribution in [3.05, 3.63) is 34.9 Å². The molecule has 1 saturated heterocycles. The molecule has 3 heterocycles. The summed E-state index contributed by atoms with van der Waals surface area (Å²) < 4.78 is 9.38. The van der Waals surface area contributed by atoms with Crippen LogP contribution in [0.4, 0.5) is 0 Å². The van der Waals surface area contributed by atoms with Crippen LogP contribution in [-0.2, 0) is 25.4 Å². The smallest absolute Gasteiger partial charge is 0.0660 e. The van der Waals surface area contributed by atoms with Gasteiger partial charge in [-0.25, -0.2) is 0 Å². The fourth-order valence-electron chi connectivity index (χ4n) is 3.19. The number of nitrogens with one attached hydrogen (secondary N) is 1. The summed E-state index contributed by atoms with van der Waals surface area (Å²) >= 11 is 0. The molecule has 0 bridgehead atoms. The van der Waals surface area contributed by atoms with E-state index >= 15 is 0 Å². The lowest BCUT2D eigenvalue weighted by Gasteiger charge is -2.19. The van der Waals surface area contributed by atoms with E-state index in [2.05, 4.69) is 30.3 Å². The molecule has 0 radical (unpaired) electrons. The predicted molar refractivity (Wildman–Crippen MR) is 89.2 cm³/mol. The van der Waals surface area contributed by atoms with Crippen LogP contribution in [0.25, 0.3) is 0 Å². The van der Waals surface area contributed by atoms with Crippen molar-refractivity contribution in [2.24, 2.45) is 14.1 Å². The van der Waals surface area contributed by atoms with Crippen molar-refractivity contribution in [3.63, 3.8) is 0 Å². The van der Waals surface area contributed by atoms with Gasteiger partial charge in [-0.05, 0) is 32.8 Å². The molecule has 0 spiro atoms. The molecule has 126 valence electrons. The molecule has 2 aromatic rings. The van der Waals surface area contributed by atoms with Crippen LogP contribution in [0.3, 0.4) is 0 Å². The molecule has 23 heavy (non-hydrogen) atoms. The van der Waals surface area contributed by atoms with Gasteiger partial charge in [0.1, 0.15) is 0 Å². The van der Waals surface area contributed by atoms with Gasteiger partial charge in [-0.1, -0.05) is 0 Å². The second-order valence-electron chi connectivity index (χ2n) is 6.49. The molecule has 1 N–H and O–H groups in total. The van der Waals surface area contributed by atoms with E-state index in [1.807, 2.05) is 29.7 Å². The van der Waals surface area contributed by atoms with Gasteiger partial charge in [-0.2, -0.15) is 10.2 Å². The highest BCUT2D eigenvalue weighted by Crippen LogP contribution is 2.27. The van der Waals surface area contributed by atoms with Gasteiger partial charge in [0, 0.05) is 57.1 Å². The third kappa shape index (κ3) is 3.48. The topological polar surface area (TPSA) is 56.9 Å². The molecular formula is C17H27N5O. The van der Waals surface area contributed by atoms with Crippen molar-refractivity contribution in [2.45, 2.75) is 45.2 Å². The van der Waals surface area contributed by atoms with E-state index in [1.54, 1.807) is 0 Å². The zero-order valence-electron chi connectivity index (χ0n) is 14.5. The Hall–Kier alpha value is -1.66. The largest absolute Gasteiger partial charge is 0.381 e. The van der Waals surface area contributed by atoms with E-state index in [4.69, 9.17) is 9.84 Å². The molecular weight excluding hydrogens is 290 g/mol. The first-order valence-corrected chi connectivity index (χ1v) is 8.38. The number of hydrogen-bond donors (Lipinski definition) is 1. The Labute approximate surface area is 137 Å². The molecule has 6 heteroatoms. The number of rotatable bonds is 5. The molecule has 0 aliphatic carbocycles. The van der Waals surface area contributed by atoms with Crippen LogP contribution in [0, 0.1) is 6.92 Å². The van der Waals surface area contributed by atoms with Gasteiger partial charge in [0.05, 0.1) is 17.6 Å². The van der Waals surface area contributed by atoms with Crippen LogP contribution in [0.5, 0.6) is 0 Å². The quantitative estimate of drug-likeness (QED) is 0.918. The van der Waals surface area contributed by atoms with E-state index in [1.165, 1.54) is 22.6 Å². The minimum absolute atomic E-state index is 0.251. The van der Waals surface area contributed by atoms with E-state index in [-0.39, 0.29) is 6.04 Å². The van der Waals surface area contributed by atoms with Gasteiger partial charge in [0.15, 0.2) is 0 Å². The lowest BCUT2D eigenvalue weighted by Crippen LogP contribution is -2.20. The van der Waals surface area contributed by atoms with Crippen LogP contribution < -0.4 is 5.32 Å². The first-order chi connectivity index (χ1) is 11.1. The van der Waals surface area contributed by atoms with Crippen molar-refractivity contribution in [1.82, 2.24) is 24.9 Å².